The minimum absolute atomic E-state index is 0.0808. The normalized spacial score (nSPS) is 12.5. The molecule has 0 aliphatic carbocycles. The molecular formula is C38H35N2OP. The van der Waals surface area contributed by atoms with Crippen molar-refractivity contribution in [2.24, 2.45) is 16.1 Å². The molecule has 5 rings (SSSR count). The van der Waals surface area contributed by atoms with E-state index in [-0.39, 0.29) is 11.7 Å². The molecule has 0 atom stereocenters. The molecule has 42 heavy (non-hydrogen) atoms. The molecule has 5 aromatic rings. The molecule has 0 N–H and O–H groups in total. The monoisotopic (exact) mass is 566 g/mol. The van der Waals surface area contributed by atoms with Crippen LogP contribution in [-0.2, 0) is 0 Å². The average molecular weight is 567 g/mol. The first kappa shape index (κ1) is 28.9. The molecule has 0 amide bonds. The maximum atomic E-state index is 14.5. The van der Waals surface area contributed by atoms with Gasteiger partial charge >= 0.3 is 0 Å². The van der Waals surface area contributed by atoms with Crippen LogP contribution in [0, 0.1) is 5.92 Å². The number of hydrogen-bond donors (Lipinski definition) is 0. The van der Waals surface area contributed by atoms with Crippen LogP contribution in [0.2, 0.25) is 0 Å². The van der Waals surface area contributed by atoms with E-state index in [4.69, 9.17) is 10.2 Å². The fourth-order valence-corrected chi connectivity index (χ4v) is 9.94. The molecule has 0 aromatic heterocycles. The van der Waals surface area contributed by atoms with E-state index in [2.05, 4.69) is 72.8 Å². The summed E-state index contributed by atoms with van der Waals surface area (Å²) in [5, 5.41) is 28.3. The fraction of sp³-hybridized carbons (Fsp3) is 0.105. The van der Waals surface area contributed by atoms with Gasteiger partial charge in [-0.05, 0) is 49.2 Å². The Morgan fingerprint density at radius 2 is 0.857 bits per heavy atom. The lowest BCUT2D eigenvalue weighted by molar-refractivity contribution is -0.313. The summed E-state index contributed by atoms with van der Waals surface area (Å²) in [4.78, 5) is 0. The second-order valence-electron chi connectivity index (χ2n) is 10.4. The molecule has 0 radical (unpaired) electrons. The minimum Gasteiger partial charge on any atom is -0.873 e. The largest absolute Gasteiger partial charge is 0.873 e. The van der Waals surface area contributed by atoms with Gasteiger partial charge in [0, 0.05) is 11.1 Å². The second-order valence-corrected chi connectivity index (χ2v) is 13.7. The Morgan fingerprint density at radius 1 is 0.524 bits per heavy atom. The Bertz CT molecular complexity index is 1540. The zero-order valence-electron chi connectivity index (χ0n) is 24.3. The standard InChI is InChI=1S/C38H35N2OP/c1-29(2)37(41)38(30(3)39-40-36(31-19-9-4-10-20-31)32-21-11-5-12-22-32)42(33-23-13-6-14-24-33,34-25-15-7-16-26-34)35-27-17-8-18-28-35/h4-29H,1-3H3. The predicted molar refractivity (Wildman–Crippen MR) is 179 cm³/mol. The van der Waals surface area contributed by atoms with Crippen LogP contribution in [-0.4, -0.2) is 11.4 Å². The molecule has 0 heterocycles. The third-order valence-corrected chi connectivity index (χ3v) is 11.7. The predicted octanol–water partition coefficient (Wildman–Crippen LogP) is 7.12. The van der Waals surface area contributed by atoms with Gasteiger partial charge in [-0.3, -0.25) is 0 Å². The lowest BCUT2D eigenvalue weighted by Gasteiger charge is -2.34. The number of hydrogen-bond acceptors (Lipinski definition) is 3. The van der Waals surface area contributed by atoms with Crippen molar-refractivity contribution >= 4 is 34.6 Å². The van der Waals surface area contributed by atoms with E-state index in [9.17, 15) is 5.11 Å². The smallest absolute Gasteiger partial charge is 0.145 e. The number of nitrogens with zero attached hydrogens (tertiary/aromatic N) is 2. The molecule has 0 spiro atoms. The zero-order valence-corrected chi connectivity index (χ0v) is 25.2. The van der Waals surface area contributed by atoms with Crippen LogP contribution in [0.4, 0.5) is 0 Å². The maximum Gasteiger partial charge on any atom is 0.145 e. The Hall–Kier alpha value is -4.59. The summed E-state index contributed by atoms with van der Waals surface area (Å²) in [5.41, 5.74) is 3.32. The highest BCUT2D eigenvalue weighted by atomic mass is 31.2. The first-order valence-corrected chi connectivity index (χ1v) is 16.0. The third-order valence-electron chi connectivity index (χ3n) is 7.26. The second kappa shape index (κ2) is 13.4. The van der Waals surface area contributed by atoms with Gasteiger partial charge in [0.2, 0.25) is 0 Å². The molecule has 0 bridgehead atoms. The van der Waals surface area contributed by atoms with Gasteiger partial charge in [-0.15, -0.1) is 5.10 Å². The van der Waals surface area contributed by atoms with E-state index < -0.39 is 7.26 Å². The SMILES string of the molecule is CC(=N/N=C(c1ccccc1)c1ccccc1)/C(=C(\[O-])C(C)C)[P+](c1ccccc1)(c1ccccc1)c1ccccc1. The molecule has 0 aliphatic rings. The van der Waals surface area contributed by atoms with E-state index in [0.717, 1.165) is 38.1 Å². The highest BCUT2D eigenvalue weighted by molar-refractivity contribution is 7.99. The first-order chi connectivity index (χ1) is 20.5. The average Bonchev–Trinajstić information content (AvgIpc) is 3.05. The van der Waals surface area contributed by atoms with Gasteiger partial charge in [0.05, 0.1) is 0 Å². The highest BCUT2D eigenvalue weighted by Gasteiger charge is 2.51. The molecule has 4 heteroatoms. The quantitative estimate of drug-likeness (QED) is 0.0811. The molecule has 0 saturated heterocycles. The van der Waals surface area contributed by atoms with Gasteiger partial charge in [0.1, 0.15) is 39.9 Å². The summed E-state index contributed by atoms with van der Waals surface area (Å²) in [6, 6.07) is 51.4. The van der Waals surface area contributed by atoms with Crippen LogP contribution >= 0.6 is 7.26 Å². The van der Waals surface area contributed by atoms with Crippen LogP contribution < -0.4 is 21.0 Å². The molecule has 0 unspecified atom stereocenters. The van der Waals surface area contributed by atoms with E-state index in [1.165, 1.54) is 0 Å². The van der Waals surface area contributed by atoms with Crippen LogP contribution in [0.5, 0.6) is 0 Å². The van der Waals surface area contributed by atoms with E-state index >= 15 is 0 Å². The van der Waals surface area contributed by atoms with Crippen LogP contribution in [0.3, 0.4) is 0 Å². The van der Waals surface area contributed by atoms with Crippen molar-refractivity contribution in [3.63, 3.8) is 0 Å². The number of allylic oxidation sites excluding steroid dienone is 2. The van der Waals surface area contributed by atoms with E-state index in [1.807, 2.05) is 99.6 Å². The lowest BCUT2D eigenvalue weighted by atomic mass is 10.0. The van der Waals surface area contributed by atoms with Crippen LogP contribution in [0.15, 0.2) is 173 Å². The summed E-state index contributed by atoms with van der Waals surface area (Å²) < 4.78 is 0. The summed E-state index contributed by atoms with van der Waals surface area (Å²) >= 11 is 0. The molecule has 0 fully saturated rings. The van der Waals surface area contributed by atoms with Gasteiger partial charge in [-0.1, -0.05) is 135 Å². The summed E-state index contributed by atoms with van der Waals surface area (Å²) in [6.07, 6.45) is 0. The molecule has 0 aliphatic heterocycles. The zero-order chi connectivity index (χ0) is 29.4. The molecule has 0 saturated carbocycles. The van der Waals surface area contributed by atoms with Crippen molar-refractivity contribution in [3.05, 3.63) is 174 Å². The van der Waals surface area contributed by atoms with Crippen LogP contribution in [0.1, 0.15) is 31.9 Å². The Morgan fingerprint density at radius 3 is 1.19 bits per heavy atom. The fourth-order valence-electron chi connectivity index (χ4n) is 5.30. The van der Waals surface area contributed by atoms with Gasteiger partial charge < -0.3 is 5.11 Å². The summed E-state index contributed by atoms with van der Waals surface area (Å²) in [6.45, 7) is 5.87. The summed E-state index contributed by atoms with van der Waals surface area (Å²) in [7, 11) is -2.67. The molecule has 208 valence electrons. The van der Waals surface area contributed by atoms with Crippen molar-refractivity contribution in [1.82, 2.24) is 0 Å². The third kappa shape index (κ3) is 5.88. The van der Waals surface area contributed by atoms with E-state index in [0.29, 0.717) is 5.71 Å². The van der Waals surface area contributed by atoms with Gasteiger partial charge in [0.25, 0.3) is 0 Å². The van der Waals surface area contributed by atoms with Crippen molar-refractivity contribution in [1.29, 1.82) is 0 Å². The van der Waals surface area contributed by atoms with Gasteiger partial charge in [-0.2, -0.15) is 5.10 Å². The van der Waals surface area contributed by atoms with Gasteiger partial charge in [-0.25, -0.2) is 0 Å². The lowest BCUT2D eigenvalue weighted by Crippen LogP contribution is -2.36. The highest BCUT2D eigenvalue weighted by Crippen LogP contribution is 2.63. The van der Waals surface area contributed by atoms with Crippen LogP contribution in [0.25, 0.3) is 0 Å². The Labute approximate surface area is 250 Å². The Balaban J connectivity index is 1.84. The Kier molecular flexibility index (Phi) is 9.21. The number of benzene rings is 5. The minimum atomic E-state index is -2.67. The first-order valence-electron chi connectivity index (χ1n) is 14.2. The van der Waals surface area contributed by atoms with E-state index in [1.54, 1.807) is 0 Å². The molecule has 5 aromatic carbocycles. The molecular weight excluding hydrogens is 531 g/mol. The van der Waals surface area contributed by atoms with Crippen molar-refractivity contribution in [3.8, 4) is 0 Å². The van der Waals surface area contributed by atoms with Crippen molar-refractivity contribution in [2.45, 2.75) is 20.8 Å². The van der Waals surface area contributed by atoms with Crippen molar-refractivity contribution < 1.29 is 5.11 Å². The van der Waals surface area contributed by atoms with Crippen molar-refractivity contribution in [2.75, 3.05) is 0 Å². The maximum absolute atomic E-state index is 14.5. The summed E-state index contributed by atoms with van der Waals surface area (Å²) in [5.74, 6) is -0.148. The molecule has 3 nitrogen and oxygen atoms in total. The number of rotatable bonds is 9. The van der Waals surface area contributed by atoms with Gasteiger partial charge in [0.15, 0.2) is 0 Å². The topological polar surface area (TPSA) is 47.8 Å².